The fourth-order valence-electron chi connectivity index (χ4n) is 3.61. The number of amides is 1. The molecule has 1 saturated carbocycles. The van der Waals surface area contributed by atoms with Crippen LogP contribution in [0.5, 0.6) is 0 Å². The van der Waals surface area contributed by atoms with E-state index in [-0.39, 0.29) is 41.6 Å². The number of hydrogen-bond donors (Lipinski definition) is 0. The molecule has 1 amide bonds. The Kier molecular flexibility index (Phi) is 4.52. The Morgan fingerprint density at radius 3 is 2.61 bits per heavy atom. The van der Waals surface area contributed by atoms with Crippen LogP contribution in [0.4, 0.5) is 0 Å². The monoisotopic (exact) mass is 339 g/mol. The maximum Gasteiger partial charge on any atom is 0.253 e. The van der Waals surface area contributed by atoms with Gasteiger partial charge in [0.1, 0.15) is 6.54 Å². The summed E-state index contributed by atoms with van der Waals surface area (Å²) in [6, 6.07) is 1.14. The van der Waals surface area contributed by atoms with Crippen molar-refractivity contribution in [1.29, 1.82) is 0 Å². The smallest absolute Gasteiger partial charge is 0.253 e. The first-order chi connectivity index (χ1) is 11.0. The van der Waals surface area contributed by atoms with Crippen molar-refractivity contribution in [3.05, 3.63) is 28.9 Å². The highest BCUT2D eigenvalue weighted by molar-refractivity contribution is 7.91. The molecule has 2 heterocycles. The van der Waals surface area contributed by atoms with Crippen LogP contribution in [0.25, 0.3) is 0 Å². The van der Waals surface area contributed by atoms with E-state index < -0.39 is 9.84 Å². The van der Waals surface area contributed by atoms with Crippen molar-refractivity contribution in [2.24, 2.45) is 0 Å². The second-order valence-electron chi connectivity index (χ2n) is 6.34. The number of nitrogens with zero attached hydrogens (tertiary/aromatic N) is 3. The lowest BCUT2D eigenvalue weighted by atomic mass is 10.1. The maximum atomic E-state index is 12.8. The third-order valence-electron chi connectivity index (χ3n) is 4.71. The fraction of sp³-hybridized carbons (Fsp3) is 0.667. The standard InChI is InChI=1S/C15H21N3O4S/c19-14-5-7-16-11-17(14)9-15(20)18(12-3-1-2-4-12)13-6-8-23(21,22)10-13/h5,7,11-13H,1-4,6,8-10H2. The predicted octanol–water partition coefficient (Wildman–Crippen LogP) is 0.202. The van der Waals surface area contributed by atoms with E-state index in [0.717, 1.165) is 25.7 Å². The summed E-state index contributed by atoms with van der Waals surface area (Å²) in [7, 11) is -3.06. The number of carbonyl (C=O) groups excluding carboxylic acids is 1. The highest BCUT2D eigenvalue weighted by Gasteiger charge is 2.38. The van der Waals surface area contributed by atoms with E-state index in [4.69, 9.17) is 0 Å². The topological polar surface area (TPSA) is 89.3 Å². The van der Waals surface area contributed by atoms with Crippen molar-refractivity contribution < 1.29 is 13.2 Å². The van der Waals surface area contributed by atoms with Gasteiger partial charge >= 0.3 is 0 Å². The molecular formula is C15H21N3O4S. The van der Waals surface area contributed by atoms with Gasteiger partial charge in [-0.15, -0.1) is 0 Å². The Balaban J connectivity index is 1.81. The zero-order valence-electron chi connectivity index (χ0n) is 12.9. The predicted molar refractivity (Wildman–Crippen MR) is 84.7 cm³/mol. The lowest BCUT2D eigenvalue weighted by Crippen LogP contribution is -2.48. The van der Waals surface area contributed by atoms with Gasteiger partial charge < -0.3 is 4.90 Å². The van der Waals surface area contributed by atoms with Gasteiger partial charge in [0.2, 0.25) is 5.91 Å². The summed E-state index contributed by atoms with van der Waals surface area (Å²) < 4.78 is 24.9. The zero-order valence-corrected chi connectivity index (χ0v) is 13.7. The number of hydrogen-bond acceptors (Lipinski definition) is 5. The molecule has 0 radical (unpaired) electrons. The molecule has 2 fully saturated rings. The lowest BCUT2D eigenvalue weighted by molar-refractivity contribution is -0.136. The van der Waals surface area contributed by atoms with Crippen LogP contribution in [-0.2, 0) is 21.2 Å². The molecule has 7 nitrogen and oxygen atoms in total. The van der Waals surface area contributed by atoms with Crippen molar-refractivity contribution >= 4 is 15.7 Å². The number of aromatic nitrogens is 2. The van der Waals surface area contributed by atoms with Gasteiger partial charge in [-0.1, -0.05) is 12.8 Å². The Morgan fingerprint density at radius 1 is 1.26 bits per heavy atom. The minimum Gasteiger partial charge on any atom is -0.334 e. The van der Waals surface area contributed by atoms with E-state index in [0.29, 0.717) is 6.42 Å². The average molecular weight is 339 g/mol. The van der Waals surface area contributed by atoms with Crippen molar-refractivity contribution in [2.45, 2.75) is 50.7 Å². The zero-order chi connectivity index (χ0) is 16.4. The van der Waals surface area contributed by atoms with E-state index >= 15 is 0 Å². The van der Waals surface area contributed by atoms with Crippen LogP contribution in [0.15, 0.2) is 23.4 Å². The minimum atomic E-state index is -3.06. The maximum absolute atomic E-state index is 12.8. The fourth-order valence-corrected chi connectivity index (χ4v) is 5.32. The minimum absolute atomic E-state index is 0.0389. The molecule has 1 aromatic heterocycles. The highest BCUT2D eigenvalue weighted by atomic mass is 32.2. The second kappa shape index (κ2) is 6.43. The Hall–Kier alpha value is -1.70. The summed E-state index contributed by atoms with van der Waals surface area (Å²) in [4.78, 5) is 30.2. The third-order valence-corrected chi connectivity index (χ3v) is 6.46. The van der Waals surface area contributed by atoms with Crippen molar-refractivity contribution in [3.8, 4) is 0 Å². The third kappa shape index (κ3) is 3.63. The Bertz CT molecular complexity index is 737. The van der Waals surface area contributed by atoms with Crippen LogP contribution >= 0.6 is 0 Å². The molecule has 0 aromatic carbocycles. The molecule has 0 N–H and O–H groups in total. The van der Waals surface area contributed by atoms with Gasteiger partial charge in [-0.3, -0.25) is 14.2 Å². The van der Waals surface area contributed by atoms with Crippen molar-refractivity contribution in [2.75, 3.05) is 11.5 Å². The van der Waals surface area contributed by atoms with E-state index in [9.17, 15) is 18.0 Å². The van der Waals surface area contributed by atoms with Crippen molar-refractivity contribution in [3.63, 3.8) is 0 Å². The summed E-state index contributed by atoms with van der Waals surface area (Å²) >= 11 is 0. The number of carbonyl (C=O) groups is 1. The second-order valence-corrected chi connectivity index (χ2v) is 8.57. The van der Waals surface area contributed by atoms with Crippen LogP contribution in [0, 0.1) is 0 Å². The molecule has 1 aliphatic carbocycles. The quantitative estimate of drug-likeness (QED) is 0.782. The molecule has 0 spiro atoms. The molecule has 1 aromatic rings. The number of sulfone groups is 1. The number of rotatable bonds is 4. The normalized spacial score (nSPS) is 23.9. The molecule has 2 aliphatic rings. The van der Waals surface area contributed by atoms with E-state index in [1.165, 1.54) is 23.2 Å². The average Bonchev–Trinajstić information content (AvgIpc) is 3.12. The first-order valence-corrected chi connectivity index (χ1v) is 9.80. The molecule has 3 rings (SSSR count). The molecular weight excluding hydrogens is 318 g/mol. The Morgan fingerprint density at radius 2 is 2.00 bits per heavy atom. The van der Waals surface area contributed by atoms with E-state index in [1.54, 1.807) is 4.90 Å². The van der Waals surface area contributed by atoms with Gasteiger partial charge in [0.05, 0.1) is 17.8 Å². The van der Waals surface area contributed by atoms with Crippen LogP contribution in [-0.4, -0.2) is 52.4 Å². The summed E-state index contributed by atoms with van der Waals surface area (Å²) in [5.41, 5.74) is -0.279. The molecule has 1 atom stereocenters. The van der Waals surface area contributed by atoms with Crippen LogP contribution in [0.3, 0.4) is 0 Å². The first kappa shape index (κ1) is 16.2. The molecule has 1 aliphatic heterocycles. The summed E-state index contributed by atoms with van der Waals surface area (Å²) in [5, 5.41) is 0. The van der Waals surface area contributed by atoms with Gasteiger partial charge in [-0.05, 0) is 19.3 Å². The summed E-state index contributed by atoms with van der Waals surface area (Å²) in [6.45, 7) is -0.0836. The summed E-state index contributed by atoms with van der Waals surface area (Å²) in [5.74, 6) is -0.00726. The van der Waals surface area contributed by atoms with E-state index in [1.807, 2.05) is 0 Å². The van der Waals surface area contributed by atoms with Gasteiger partial charge in [0.25, 0.3) is 5.56 Å². The molecule has 1 saturated heterocycles. The van der Waals surface area contributed by atoms with Gasteiger partial charge in [-0.2, -0.15) is 0 Å². The molecule has 8 heteroatoms. The van der Waals surface area contributed by atoms with Crippen LogP contribution < -0.4 is 5.56 Å². The largest absolute Gasteiger partial charge is 0.334 e. The van der Waals surface area contributed by atoms with Crippen LogP contribution in [0.1, 0.15) is 32.1 Å². The Labute approximate surface area is 135 Å². The van der Waals surface area contributed by atoms with Gasteiger partial charge in [0.15, 0.2) is 9.84 Å². The molecule has 1 unspecified atom stereocenters. The SMILES string of the molecule is O=C(Cn1cnccc1=O)N(C1CCCC1)C1CCS(=O)(=O)C1. The van der Waals surface area contributed by atoms with Crippen molar-refractivity contribution in [1.82, 2.24) is 14.5 Å². The molecule has 23 heavy (non-hydrogen) atoms. The molecule has 126 valence electrons. The van der Waals surface area contributed by atoms with E-state index in [2.05, 4.69) is 4.98 Å². The lowest BCUT2D eigenvalue weighted by Gasteiger charge is -2.34. The van der Waals surface area contributed by atoms with Gasteiger partial charge in [0, 0.05) is 24.3 Å². The summed E-state index contributed by atoms with van der Waals surface area (Å²) in [6.07, 6.45) is 7.16. The van der Waals surface area contributed by atoms with Gasteiger partial charge in [-0.25, -0.2) is 13.4 Å². The highest BCUT2D eigenvalue weighted by Crippen LogP contribution is 2.29. The van der Waals surface area contributed by atoms with Crippen LogP contribution in [0.2, 0.25) is 0 Å². The molecule has 0 bridgehead atoms. The first-order valence-electron chi connectivity index (χ1n) is 7.98.